The van der Waals surface area contributed by atoms with E-state index < -0.39 is 11.6 Å². The number of hydrogen-bond acceptors (Lipinski definition) is 3. The smallest absolute Gasteiger partial charge is 0.323 e. The third-order valence-corrected chi connectivity index (χ3v) is 3.13. The zero-order valence-electron chi connectivity index (χ0n) is 12.5. The number of nitrogens with two attached hydrogens (primary N) is 1. The maximum atomic E-state index is 12.0. The molecule has 0 unspecified atom stereocenters. The number of carbonyl (C=O) groups excluding carboxylic acids is 1. The maximum absolute atomic E-state index is 12.0. The van der Waals surface area contributed by atoms with Gasteiger partial charge >= 0.3 is 5.97 Å². The Morgan fingerprint density at radius 3 is 2.65 bits per heavy atom. The Bertz CT molecular complexity index is 623. The van der Waals surface area contributed by atoms with E-state index in [1.165, 1.54) is 0 Å². The Morgan fingerprint density at radius 1 is 1.35 bits per heavy atom. The number of para-hydroxylation sites is 1. The fourth-order valence-electron chi connectivity index (χ4n) is 2.29. The number of hydrogen-bond donors (Lipinski definition) is 1. The van der Waals surface area contributed by atoms with Crippen LogP contribution in [0.15, 0.2) is 30.5 Å². The van der Waals surface area contributed by atoms with Crippen molar-refractivity contribution in [1.82, 2.24) is 4.57 Å². The van der Waals surface area contributed by atoms with Gasteiger partial charge < -0.3 is 15.0 Å². The van der Waals surface area contributed by atoms with Gasteiger partial charge in [-0.25, -0.2) is 0 Å². The largest absolute Gasteiger partial charge is 0.459 e. The molecule has 20 heavy (non-hydrogen) atoms. The van der Waals surface area contributed by atoms with Gasteiger partial charge in [0.1, 0.15) is 11.6 Å². The van der Waals surface area contributed by atoms with Crippen LogP contribution in [0.4, 0.5) is 0 Å². The highest BCUT2D eigenvalue weighted by molar-refractivity contribution is 5.85. The summed E-state index contributed by atoms with van der Waals surface area (Å²) < 4.78 is 7.37. The second-order valence-electron chi connectivity index (χ2n) is 6.13. The Labute approximate surface area is 119 Å². The van der Waals surface area contributed by atoms with E-state index in [2.05, 4.69) is 6.07 Å². The predicted octanol–water partition coefficient (Wildman–Crippen LogP) is 2.39. The van der Waals surface area contributed by atoms with E-state index in [4.69, 9.17) is 10.5 Å². The van der Waals surface area contributed by atoms with Crippen molar-refractivity contribution in [1.29, 1.82) is 0 Å². The monoisotopic (exact) mass is 274 g/mol. The van der Waals surface area contributed by atoms with Gasteiger partial charge in [0.05, 0.1) is 0 Å². The molecule has 0 aliphatic rings. The van der Waals surface area contributed by atoms with Gasteiger partial charge in [0.25, 0.3) is 0 Å². The summed E-state index contributed by atoms with van der Waals surface area (Å²) in [5.41, 5.74) is 7.68. The van der Waals surface area contributed by atoms with Crippen LogP contribution in [0.25, 0.3) is 10.9 Å². The van der Waals surface area contributed by atoms with Gasteiger partial charge in [0.2, 0.25) is 0 Å². The molecule has 0 saturated carbocycles. The summed E-state index contributed by atoms with van der Waals surface area (Å²) in [5, 5.41) is 1.13. The van der Waals surface area contributed by atoms with Crippen LogP contribution < -0.4 is 5.73 Å². The molecule has 108 valence electrons. The lowest BCUT2D eigenvalue weighted by Gasteiger charge is -2.22. The van der Waals surface area contributed by atoms with Gasteiger partial charge in [-0.15, -0.1) is 0 Å². The first kappa shape index (κ1) is 14.6. The SMILES string of the molecule is Cn1cc(C[C@@H](N)C(=O)OC(C)(C)C)c2ccccc21. The second-order valence-corrected chi connectivity index (χ2v) is 6.13. The van der Waals surface area contributed by atoms with E-state index in [1.54, 1.807) is 0 Å². The molecule has 0 saturated heterocycles. The van der Waals surface area contributed by atoms with Crippen LogP contribution in [0.5, 0.6) is 0 Å². The number of ether oxygens (including phenoxy) is 1. The Balaban J connectivity index is 2.18. The van der Waals surface area contributed by atoms with Crippen LogP contribution in [0.3, 0.4) is 0 Å². The van der Waals surface area contributed by atoms with Crippen molar-refractivity contribution in [3.63, 3.8) is 0 Å². The summed E-state index contributed by atoms with van der Waals surface area (Å²) in [5.74, 6) is -0.356. The average Bonchev–Trinajstić information content (AvgIpc) is 2.65. The number of benzene rings is 1. The van der Waals surface area contributed by atoms with E-state index >= 15 is 0 Å². The summed E-state index contributed by atoms with van der Waals surface area (Å²) >= 11 is 0. The van der Waals surface area contributed by atoms with Crippen molar-refractivity contribution in [3.8, 4) is 0 Å². The summed E-state index contributed by atoms with van der Waals surface area (Å²) in [6.45, 7) is 5.53. The molecular weight excluding hydrogens is 252 g/mol. The zero-order chi connectivity index (χ0) is 14.9. The molecule has 0 aliphatic carbocycles. The molecule has 1 aromatic carbocycles. The highest BCUT2D eigenvalue weighted by Crippen LogP contribution is 2.21. The minimum atomic E-state index is -0.639. The molecule has 2 rings (SSSR count). The van der Waals surface area contributed by atoms with Crippen LogP contribution in [0.2, 0.25) is 0 Å². The van der Waals surface area contributed by atoms with E-state index in [0.717, 1.165) is 16.5 Å². The van der Waals surface area contributed by atoms with E-state index in [0.29, 0.717) is 6.42 Å². The molecule has 4 nitrogen and oxygen atoms in total. The molecule has 2 aromatic rings. The van der Waals surface area contributed by atoms with Gasteiger partial charge in [-0.2, -0.15) is 0 Å². The van der Waals surface area contributed by atoms with E-state index in [1.807, 2.05) is 56.8 Å². The lowest BCUT2D eigenvalue weighted by molar-refractivity contribution is -0.156. The van der Waals surface area contributed by atoms with Crippen molar-refractivity contribution in [2.45, 2.75) is 38.8 Å². The highest BCUT2D eigenvalue weighted by Gasteiger charge is 2.23. The normalized spacial score (nSPS) is 13.4. The fraction of sp³-hybridized carbons (Fsp3) is 0.438. The molecule has 4 heteroatoms. The van der Waals surface area contributed by atoms with Crippen LogP contribution >= 0.6 is 0 Å². The third-order valence-electron chi connectivity index (χ3n) is 3.13. The maximum Gasteiger partial charge on any atom is 0.323 e. The Morgan fingerprint density at radius 2 is 2.00 bits per heavy atom. The molecule has 0 aliphatic heterocycles. The third kappa shape index (κ3) is 3.20. The Hall–Kier alpha value is -1.81. The van der Waals surface area contributed by atoms with Gasteiger partial charge in [-0.05, 0) is 32.4 Å². The Kier molecular flexibility index (Phi) is 3.86. The first-order chi connectivity index (χ1) is 9.28. The number of esters is 1. The quantitative estimate of drug-likeness (QED) is 0.874. The number of aromatic nitrogens is 1. The number of aryl methyl sites for hydroxylation is 1. The fourth-order valence-corrected chi connectivity index (χ4v) is 2.29. The van der Waals surface area contributed by atoms with Crippen LogP contribution in [0.1, 0.15) is 26.3 Å². The van der Waals surface area contributed by atoms with Crippen LogP contribution in [-0.4, -0.2) is 22.2 Å². The summed E-state index contributed by atoms with van der Waals surface area (Å²) in [6.07, 6.45) is 2.51. The van der Waals surface area contributed by atoms with Crippen molar-refractivity contribution in [2.24, 2.45) is 12.8 Å². The highest BCUT2D eigenvalue weighted by atomic mass is 16.6. The lowest BCUT2D eigenvalue weighted by Crippen LogP contribution is -2.38. The minimum absolute atomic E-state index is 0.356. The molecule has 1 atom stereocenters. The van der Waals surface area contributed by atoms with E-state index in [-0.39, 0.29) is 5.97 Å². The van der Waals surface area contributed by atoms with Crippen molar-refractivity contribution in [3.05, 3.63) is 36.0 Å². The zero-order valence-corrected chi connectivity index (χ0v) is 12.5. The summed E-state index contributed by atoms with van der Waals surface area (Å²) in [7, 11) is 1.99. The number of rotatable bonds is 3. The molecule has 0 amide bonds. The topological polar surface area (TPSA) is 57.2 Å². The van der Waals surface area contributed by atoms with E-state index in [9.17, 15) is 4.79 Å². The first-order valence-electron chi connectivity index (χ1n) is 6.79. The average molecular weight is 274 g/mol. The molecule has 0 bridgehead atoms. The van der Waals surface area contributed by atoms with Crippen LogP contribution in [-0.2, 0) is 23.0 Å². The van der Waals surface area contributed by atoms with Gasteiger partial charge in [-0.3, -0.25) is 4.79 Å². The molecule has 0 fully saturated rings. The number of carbonyl (C=O) groups is 1. The van der Waals surface area contributed by atoms with Crippen LogP contribution in [0, 0.1) is 0 Å². The second kappa shape index (κ2) is 5.29. The van der Waals surface area contributed by atoms with Crippen molar-refractivity contribution < 1.29 is 9.53 Å². The summed E-state index contributed by atoms with van der Waals surface area (Å²) in [6, 6.07) is 7.45. The molecule has 1 heterocycles. The van der Waals surface area contributed by atoms with Crippen molar-refractivity contribution in [2.75, 3.05) is 0 Å². The molecular formula is C16H22N2O2. The first-order valence-corrected chi connectivity index (χ1v) is 6.79. The molecule has 1 aromatic heterocycles. The molecule has 2 N–H and O–H groups in total. The number of nitrogens with zero attached hydrogens (tertiary/aromatic N) is 1. The minimum Gasteiger partial charge on any atom is -0.459 e. The van der Waals surface area contributed by atoms with Gasteiger partial charge in [0.15, 0.2) is 0 Å². The van der Waals surface area contributed by atoms with Crippen molar-refractivity contribution >= 4 is 16.9 Å². The number of fused-ring (bicyclic) bond motifs is 1. The van der Waals surface area contributed by atoms with Gasteiger partial charge in [0, 0.05) is 30.6 Å². The predicted molar refractivity (Wildman–Crippen MR) is 80.4 cm³/mol. The molecule has 0 radical (unpaired) electrons. The standard InChI is InChI=1S/C16H22N2O2/c1-16(2,3)20-15(19)13(17)9-11-10-18(4)14-8-6-5-7-12(11)14/h5-8,10,13H,9,17H2,1-4H3/t13-/m1/s1. The summed E-state index contributed by atoms with van der Waals surface area (Å²) in [4.78, 5) is 12.0. The van der Waals surface area contributed by atoms with Gasteiger partial charge in [-0.1, -0.05) is 18.2 Å². The molecule has 0 spiro atoms. The lowest BCUT2D eigenvalue weighted by atomic mass is 10.1.